The SMILES string of the molecule is Nc1ccc2nc(CN3CCC4CCCCC43)oc2c1. The summed E-state index contributed by atoms with van der Waals surface area (Å²) in [4.78, 5) is 7.16. The van der Waals surface area contributed by atoms with Gasteiger partial charge in [0, 0.05) is 17.8 Å². The number of likely N-dealkylation sites (tertiary alicyclic amines) is 1. The molecule has 1 aromatic heterocycles. The topological polar surface area (TPSA) is 55.3 Å². The van der Waals surface area contributed by atoms with Crippen LogP contribution in [0.4, 0.5) is 5.69 Å². The molecule has 1 saturated heterocycles. The van der Waals surface area contributed by atoms with Gasteiger partial charge in [-0.2, -0.15) is 0 Å². The Morgan fingerprint density at radius 2 is 2.15 bits per heavy atom. The number of nitrogen functional groups attached to an aromatic ring is 1. The molecule has 106 valence electrons. The Bertz CT molecular complexity index is 621. The van der Waals surface area contributed by atoms with Crippen molar-refractivity contribution in [1.29, 1.82) is 0 Å². The molecular formula is C16H21N3O. The lowest BCUT2D eigenvalue weighted by molar-refractivity contribution is 0.164. The zero-order valence-electron chi connectivity index (χ0n) is 11.7. The Morgan fingerprint density at radius 1 is 1.25 bits per heavy atom. The number of aromatic nitrogens is 1. The third kappa shape index (κ3) is 2.08. The fourth-order valence-electron chi connectivity index (χ4n) is 3.93. The maximum atomic E-state index is 5.86. The van der Waals surface area contributed by atoms with Crippen LogP contribution in [0.15, 0.2) is 22.6 Å². The van der Waals surface area contributed by atoms with Crippen LogP contribution < -0.4 is 5.73 Å². The van der Waals surface area contributed by atoms with Gasteiger partial charge in [0.25, 0.3) is 0 Å². The molecule has 0 bridgehead atoms. The van der Waals surface area contributed by atoms with E-state index in [2.05, 4.69) is 9.88 Å². The lowest BCUT2D eigenvalue weighted by atomic mass is 9.85. The Kier molecular flexibility index (Phi) is 2.91. The third-order valence-corrected chi connectivity index (χ3v) is 4.92. The highest BCUT2D eigenvalue weighted by molar-refractivity contribution is 5.76. The fourth-order valence-corrected chi connectivity index (χ4v) is 3.93. The molecule has 0 radical (unpaired) electrons. The molecule has 2 aromatic rings. The van der Waals surface area contributed by atoms with Crippen molar-refractivity contribution in [3.05, 3.63) is 24.1 Å². The first-order valence-corrected chi connectivity index (χ1v) is 7.68. The molecule has 0 spiro atoms. The average molecular weight is 271 g/mol. The number of oxazole rings is 1. The zero-order valence-corrected chi connectivity index (χ0v) is 11.7. The Morgan fingerprint density at radius 3 is 3.10 bits per heavy atom. The second-order valence-electron chi connectivity index (χ2n) is 6.21. The molecule has 1 aliphatic carbocycles. The molecule has 2 fully saturated rings. The van der Waals surface area contributed by atoms with Gasteiger partial charge in [0.15, 0.2) is 5.58 Å². The van der Waals surface area contributed by atoms with Crippen molar-refractivity contribution in [2.75, 3.05) is 12.3 Å². The van der Waals surface area contributed by atoms with E-state index in [-0.39, 0.29) is 0 Å². The normalized spacial score (nSPS) is 27.0. The molecule has 4 rings (SSSR count). The van der Waals surface area contributed by atoms with Gasteiger partial charge in [0.05, 0.1) is 6.54 Å². The van der Waals surface area contributed by atoms with Crippen LogP contribution in [0.2, 0.25) is 0 Å². The monoisotopic (exact) mass is 271 g/mol. The van der Waals surface area contributed by atoms with Crippen molar-refractivity contribution in [1.82, 2.24) is 9.88 Å². The lowest BCUT2D eigenvalue weighted by Crippen LogP contribution is -2.34. The first kappa shape index (κ1) is 12.2. The molecule has 2 N–H and O–H groups in total. The van der Waals surface area contributed by atoms with Gasteiger partial charge in [-0.25, -0.2) is 4.98 Å². The van der Waals surface area contributed by atoms with Gasteiger partial charge in [-0.05, 0) is 43.9 Å². The molecule has 2 unspecified atom stereocenters. The standard InChI is InChI=1S/C16H21N3O/c17-12-5-6-13-15(9-12)20-16(18-13)10-19-8-7-11-3-1-2-4-14(11)19/h5-6,9,11,14H,1-4,7-8,10,17H2. The van der Waals surface area contributed by atoms with E-state index in [1.165, 1.54) is 38.6 Å². The van der Waals surface area contributed by atoms with E-state index in [1.807, 2.05) is 18.2 Å². The van der Waals surface area contributed by atoms with E-state index in [9.17, 15) is 0 Å². The number of anilines is 1. The minimum absolute atomic E-state index is 0.730. The molecule has 1 aliphatic heterocycles. The minimum atomic E-state index is 0.730. The smallest absolute Gasteiger partial charge is 0.209 e. The van der Waals surface area contributed by atoms with Gasteiger partial charge in [-0.1, -0.05) is 12.8 Å². The summed E-state index contributed by atoms with van der Waals surface area (Å²) in [7, 11) is 0. The number of fused-ring (bicyclic) bond motifs is 2. The van der Waals surface area contributed by atoms with Crippen molar-refractivity contribution >= 4 is 16.8 Å². The molecule has 2 atom stereocenters. The predicted molar refractivity (Wildman–Crippen MR) is 79.2 cm³/mol. The van der Waals surface area contributed by atoms with Gasteiger partial charge >= 0.3 is 0 Å². The van der Waals surface area contributed by atoms with Crippen molar-refractivity contribution in [2.24, 2.45) is 5.92 Å². The van der Waals surface area contributed by atoms with Crippen molar-refractivity contribution in [3.8, 4) is 0 Å². The molecule has 0 amide bonds. The number of rotatable bonds is 2. The second-order valence-corrected chi connectivity index (χ2v) is 6.21. The highest BCUT2D eigenvalue weighted by Gasteiger charge is 2.36. The summed E-state index contributed by atoms with van der Waals surface area (Å²) in [6.07, 6.45) is 6.89. The van der Waals surface area contributed by atoms with Gasteiger partial charge in [-0.15, -0.1) is 0 Å². The van der Waals surface area contributed by atoms with Gasteiger partial charge in [0.2, 0.25) is 5.89 Å². The van der Waals surface area contributed by atoms with Crippen LogP contribution in [0, 0.1) is 5.92 Å². The minimum Gasteiger partial charge on any atom is -0.439 e. The number of hydrogen-bond donors (Lipinski definition) is 1. The van der Waals surface area contributed by atoms with E-state index < -0.39 is 0 Å². The molecule has 4 heteroatoms. The zero-order chi connectivity index (χ0) is 13.5. The van der Waals surface area contributed by atoms with Crippen LogP contribution in [0.1, 0.15) is 38.0 Å². The Hall–Kier alpha value is -1.55. The number of hydrogen-bond acceptors (Lipinski definition) is 4. The number of nitrogens with zero attached hydrogens (tertiary/aromatic N) is 2. The van der Waals surface area contributed by atoms with E-state index in [0.29, 0.717) is 0 Å². The average Bonchev–Trinajstić information content (AvgIpc) is 3.03. The second kappa shape index (κ2) is 4.77. The van der Waals surface area contributed by atoms with Crippen LogP contribution in [0.5, 0.6) is 0 Å². The van der Waals surface area contributed by atoms with Crippen molar-refractivity contribution in [2.45, 2.75) is 44.7 Å². The fraction of sp³-hybridized carbons (Fsp3) is 0.562. The quantitative estimate of drug-likeness (QED) is 0.852. The van der Waals surface area contributed by atoms with E-state index in [4.69, 9.17) is 10.2 Å². The molecule has 20 heavy (non-hydrogen) atoms. The summed E-state index contributed by atoms with van der Waals surface area (Å²) in [6, 6.07) is 6.43. The summed E-state index contributed by atoms with van der Waals surface area (Å²) >= 11 is 0. The van der Waals surface area contributed by atoms with Crippen LogP contribution >= 0.6 is 0 Å². The highest BCUT2D eigenvalue weighted by Crippen LogP contribution is 2.37. The van der Waals surface area contributed by atoms with E-state index in [1.54, 1.807) is 0 Å². The number of benzene rings is 1. The molecular weight excluding hydrogens is 250 g/mol. The third-order valence-electron chi connectivity index (χ3n) is 4.92. The largest absolute Gasteiger partial charge is 0.439 e. The molecule has 2 aliphatic rings. The summed E-state index contributed by atoms with van der Waals surface area (Å²) in [6.45, 7) is 2.03. The van der Waals surface area contributed by atoms with Crippen LogP contribution in [0.3, 0.4) is 0 Å². The maximum Gasteiger partial charge on any atom is 0.209 e. The predicted octanol–water partition coefficient (Wildman–Crippen LogP) is 3.17. The van der Waals surface area contributed by atoms with Gasteiger partial charge in [-0.3, -0.25) is 4.90 Å². The Balaban J connectivity index is 1.55. The summed E-state index contributed by atoms with van der Waals surface area (Å²) in [5.41, 5.74) is 8.23. The molecule has 1 saturated carbocycles. The van der Waals surface area contributed by atoms with Crippen LogP contribution in [-0.4, -0.2) is 22.5 Å². The Labute approximate surface area is 118 Å². The lowest BCUT2D eigenvalue weighted by Gasteiger charge is -2.30. The molecule has 1 aromatic carbocycles. The highest BCUT2D eigenvalue weighted by atomic mass is 16.3. The number of nitrogens with two attached hydrogens (primary N) is 1. The van der Waals surface area contributed by atoms with Crippen molar-refractivity contribution < 1.29 is 4.42 Å². The molecule has 4 nitrogen and oxygen atoms in total. The van der Waals surface area contributed by atoms with E-state index >= 15 is 0 Å². The molecule has 2 heterocycles. The van der Waals surface area contributed by atoms with Gasteiger partial charge < -0.3 is 10.2 Å². The van der Waals surface area contributed by atoms with Gasteiger partial charge in [0.1, 0.15) is 5.52 Å². The summed E-state index contributed by atoms with van der Waals surface area (Å²) < 4.78 is 5.86. The summed E-state index contributed by atoms with van der Waals surface area (Å²) in [5, 5.41) is 0. The van der Waals surface area contributed by atoms with Crippen LogP contribution in [0.25, 0.3) is 11.1 Å². The first-order valence-electron chi connectivity index (χ1n) is 7.68. The first-order chi connectivity index (χ1) is 9.79. The van der Waals surface area contributed by atoms with Crippen molar-refractivity contribution in [3.63, 3.8) is 0 Å². The summed E-state index contributed by atoms with van der Waals surface area (Å²) in [5.74, 6) is 1.74. The van der Waals surface area contributed by atoms with Crippen LogP contribution in [-0.2, 0) is 6.54 Å². The maximum absolute atomic E-state index is 5.86. The van der Waals surface area contributed by atoms with E-state index in [0.717, 1.165) is 41.2 Å².